The van der Waals surface area contributed by atoms with Crippen molar-refractivity contribution < 1.29 is 4.79 Å². The van der Waals surface area contributed by atoms with Gasteiger partial charge in [-0.25, -0.2) is 0 Å². The number of nitrogens with zero attached hydrogens (tertiary/aromatic N) is 2. The van der Waals surface area contributed by atoms with E-state index in [0.717, 1.165) is 31.6 Å². The largest absolute Gasteiger partial charge is 0.341 e. The van der Waals surface area contributed by atoms with E-state index in [9.17, 15) is 4.79 Å². The molecule has 0 aliphatic carbocycles. The van der Waals surface area contributed by atoms with Crippen molar-refractivity contribution in [2.45, 2.75) is 18.8 Å². The average Bonchev–Trinajstić information content (AvgIpc) is 2.83. The lowest BCUT2D eigenvalue weighted by molar-refractivity contribution is -0.131. The fourth-order valence-corrected chi connectivity index (χ4v) is 2.21. The second kappa shape index (κ2) is 5.12. The number of hydrogen-bond donors (Lipinski definition) is 2. The Labute approximate surface area is 95.2 Å². The first-order valence-corrected chi connectivity index (χ1v) is 5.73. The van der Waals surface area contributed by atoms with Gasteiger partial charge in [0.05, 0.1) is 6.54 Å². The smallest absolute Gasteiger partial charge is 0.236 e. The molecule has 0 saturated carbocycles. The molecule has 1 aromatic rings. The molecule has 1 aliphatic heterocycles. The molecule has 88 valence electrons. The van der Waals surface area contributed by atoms with Crippen LogP contribution in [0.1, 0.15) is 24.5 Å². The van der Waals surface area contributed by atoms with Crippen LogP contribution in [-0.4, -0.2) is 47.7 Å². The highest BCUT2D eigenvalue weighted by Gasteiger charge is 2.24. The van der Waals surface area contributed by atoms with E-state index in [4.69, 9.17) is 0 Å². The topological polar surface area (TPSA) is 61.0 Å². The number of rotatable bonds is 3. The van der Waals surface area contributed by atoms with E-state index in [-0.39, 0.29) is 5.91 Å². The molecule has 2 N–H and O–H groups in total. The number of aromatic nitrogens is 2. The first kappa shape index (κ1) is 11.1. The van der Waals surface area contributed by atoms with Crippen LogP contribution in [0.2, 0.25) is 0 Å². The maximum absolute atomic E-state index is 11.8. The van der Waals surface area contributed by atoms with Gasteiger partial charge < -0.3 is 10.2 Å². The van der Waals surface area contributed by atoms with Crippen LogP contribution in [0.25, 0.3) is 0 Å². The summed E-state index contributed by atoms with van der Waals surface area (Å²) in [5.74, 6) is 0.601. The molecule has 1 fully saturated rings. The van der Waals surface area contributed by atoms with Crippen LogP contribution >= 0.6 is 0 Å². The Morgan fingerprint density at radius 3 is 3.31 bits per heavy atom. The lowest BCUT2D eigenvalue weighted by atomic mass is 9.95. The van der Waals surface area contributed by atoms with E-state index in [1.165, 1.54) is 0 Å². The van der Waals surface area contributed by atoms with Gasteiger partial charge in [0.15, 0.2) is 0 Å². The summed E-state index contributed by atoms with van der Waals surface area (Å²) < 4.78 is 0. The van der Waals surface area contributed by atoms with Crippen molar-refractivity contribution in [1.29, 1.82) is 0 Å². The van der Waals surface area contributed by atoms with Crippen molar-refractivity contribution in [3.05, 3.63) is 18.0 Å². The molecule has 0 spiro atoms. The van der Waals surface area contributed by atoms with Crippen molar-refractivity contribution in [2.24, 2.45) is 0 Å². The number of amides is 1. The molecule has 1 saturated heterocycles. The first-order chi connectivity index (χ1) is 7.81. The second-order valence-corrected chi connectivity index (χ2v) is 4.22. The molecule has 1 atom stereocenters. The predicted octanol–water partition coefficient (Wildman–Crippen LogP) is 0.335. The maximum atomic E-state index is 11.8. The summed E-state index contributed by atoms with van der Waals surface area (Å²) in [6.07, 6.45) is 3.97. The lowest BCUT2D eigenvalue weighted by Gasteiger charge is -2.32. The summed E-state index contributed by atoms with van der Waals surface area (Å²) >= 11 is 0. The number of carbonyl (C=O) groups excluding carboxylic acids is 1. The molecule has 0 radical (unpaired) electrons. The molecule has 0 aromatic carbocycles. The minimum absolute atomic E-state index is 0.187. The first-order valence-electron chi connectivity index (χ1n) is 5.73. The quantitative estimate of drug-likeness (QED) is 0.775. The van der Waals surface area contributed by atoms with Crippen LogP contribution in [0.15, 0.2) is 12.3 Å². The van der Waals surface area contributed by atoms with Crippen molar-refractivity contribution in [1.82, 2.24) is 20.4 Å². The minimum Gasteiger partial charge on any atom is -0.341 e. The molecule has 1 amide bonds. The van der Waals surface area contributed by atoms with Crippen molar-refractivity contribution >= 4 is 5.91 Å². The molecular formula is C11H18N4O. The zero-order valence-electron chi connectivity index (χ0n) is 9.57. The number of H-pyrrole nitrogens is 1. The van der Waals surface area contributed by atoms with Gasteiger partial charge in [0.25, 0.3) is 0 Å². The Hall–Kier alpha value is -1.36. The summed E-state index contributed by atoms with van der Waals surface area (Å²) in [5, 5.41) is 9.86. The number of hydrogen-bond acceptors (Lipinski definition) is 3. The number of likely N-dealkylation sites (N-methyl/N-ethyl adjacent to an activating group) is 1. The molecule has 1 aliphatic rings. The summed E-state index contributed by atoms with van der Waals surface area (Å²) in [7, 11) is 1.80. The minimum atomic E-state index is 0.187. The number of aromatic amines is 1. The zero-order chi connectivity index (χ0) is 11.4. The molecule has 0 bridgehead atoms. The predicted molar refractivity (Wildman–Crippen MR) is 61.1 cm³/mol. The summed E-state index contributed by atoms with van der Waals surface area (Å²) in [4.78, 5) is 13.7. The van der Waals surface area contributed by atoms with Crippen LogP contribution in [-0.2, 0) is 4.79 Å². The van der Waals surface area contributed by atoms with Crippen LogP contribution in [0, 0.1) is 0 Å². The van der Waals surface area contributed by atoms with E-state index in [1.807, 2.05) is 11.0 Å². The lowest BCUT2D eigenvalue weighted by Crippen LogP contribution is -2.42. The molecule has 5 nitrogen and oxygen atoms in total. The number of carbonyl (C=O) groups is 1. The van der Waals surface area contributed by atoms with Crippen molar-refractivity contribution in [2.75, 3.05) is 26.7 Å². The normalized spacial score (nSPS) is 21.1. The Balaban J connectivity index is 1.96. The Morgan fingerprint density at radius 2 is 2.62 bits per heavy atom. The third kappa shape index (κ3) is 2.41. The summed E-state index contributed by atoms with van der Waals surface area (Å²) in [6, 6.07) is 2.00. The van der Waals surface area contributed by atoms with E-state index < -0.39 is 0 Å². The number of nitrogens with one attached hydrogen (secondary N) is 2. The molecular weight excluding hydrogens is 204 g/mol. The molecule has 16 heavy (non-hydrogen) atoms. The highest BCUT2D eigenvalue weighted by molar-refractivity contribution is 5.78. The highest BCUT2D eigenvalue weighted by atomic mass is 16.2. The molecule has 1 unspecified atom stereocenters. The van der Waals surface area contributed by atoms with E-state index in [2.05, 4.69) is 15.5 Å². The van der Waals surface area contributed by atoms with Gasteiger partial charge in [-0.15, -0.1) is 0 Å². The number of likely N-dealkylation sites (tertiary alicyclic amines) is 1. The fraction of sp³-hybridized carbons (Fsp3) is 0.636. The highest BCUT2D eigenvalue weighted by Crippen LogP contribution is 2.24. The summed E-state index contributed by atoms with van der Waals surface area (Å²) in [5.41, 5.74) is 1.14. The molecule has 2 heterocycles. The van der Waals surface area contributed by atoms with Gasteiger partial charge in [-0.2, -0.15) is 5.10 Å². The SMILES string of the molecule is CNCC(=O)N1CCCC(c2ccn[nH]2)C1. The standard InChI is InChI=1S/C11H18N4O/c1-12-7-11(16)15-6-2-3-9(8-15)10-4-5-13-14-10/h4-5,9,12H,2-3,6-8H2,1H3,(H,13,14). The molecule has 1 aromatic heterocycles. The Bertz CT molecular complexity index is 336. The van der Waals surface area contributed by atoms with E-state index in [1.54, 1.807) is 13.2 Å². The van der Waals surface area contributed by atoms with E-state index >= 15 is 0 Å². The van der Waals surface area contributed by atoms with Gasteiger partial charge in [-0.3, -0.25) is 9.89 Å². The fourth-order valence-electron chi connectivity index (χ4n) is 2.21. The van der Waals surface area contributed by atoms with Gasteiger partial charge in [0.2, 0.25) is 5.91 Å². The molecule has 5 heteroatoms. The van der Waals surface area contributed by atoms with E-state index in [0.29, 0.717) is 12.5 Å². The van der Waals surface area contributed by atoms with Gasteiger partial charge in [-0.1, -0.05) is 0 Å². The van der Waals surface area contributed by atoms with Gasteiger partial charge in [0, 0.05) is 30.9 Å². The van der Waals surface area contributed by atoms with Crippen LogP contribution < -0.4 is 5.32 Å². The monoisotopic (exact) mass is 222 g/mol. The third-order valence-electron chi connectivity index (χ3n) is 3.06. The Morgan fingerprint density at radius 1 is 1.75 bits per heavy atom. The average molecular weight is 222 g/mol. The third-order valence-corrected chi connectivity index (χ3v) is 3.06. The van der Waals surface area contributed by atoms with Crippen LogP contribution in [0.5, 0.6) is 0 Å². The van der Waals surface area contributed by atoms with Crippen molar-refractivity contribution in [3.63, 3.8) is 0 Å². The van der Waals surface area contributed by atoms with Gasteiger partial charge >= 0.3 is 0 Å². The second-order valence-electron chi connectivity index (χ2n) is 4.22. The van der Waals surface area contributed by atoms with Crippen LogP contribution in [0.3, 0.4) is 0 Å². The van der Waals surface area contributed by atoms with Crippen LogP contribution in [0.4, 0.5) is 0 Å². The van der Waals surface area contributed by atoms with Crippen molar-refractivity contribution in [3.8, 4) is 0 Å². The zero-order valence-corrected chi connectivity index (χ0v) is 9.57. The van der Waals surface area contributed by atoms with Gasteiger partial charge in [0.1, 0.15) is 0 Å². The Kier molecular flexibility index (Phi) is 3.56. The maximum Gasteiger partial charge on any atom is 0.236 e. The summed E-state index contributed by atoms with van der Waals surface area (Å²) in [6.45, 7) is 2.11. The number of piperidine rings is 1. The molecule has 2 rings (SSSR count). The van der Waals surface area contributed by atoms with Gasteiger partial charge in [-0.05, 0) is 26.0 Å².